The monoisotopic (exact) mass is 478 g/mol. The quantitative estimate of drug-likeness (QED) is 0.334. The Bertz CT molecular complexity index is 1220. The molecule has 12 heteroatoms. The van der Waals surface area contributed by atoms with Gasteiger partial charge >= 0.3 is 12.3 Å². The maximum atomic E-state index is 13.1. The summed E-state index contributed by atoms with van der Waals surface area (Å²) in [6, 6.07) is 7.52. The molecule has 2 aromatic carbocycles. The summed E-state index contributed by atoms with van der Waals surface area (Å²) in [6.45, 7) is 0. The molecule has 33 heavy (non-hydrogen) atoms. The number of nitrogens with one attached hydrogen (secondary N) is 2. The van der Waals surface area contributed by atoms with Gasteiger partial charge in [0.2, 0.25) is 5.91 Å². The van der Waals surface area contributed by atoms with Crippen LogP contribution >= 0.6 is 11.6 Å². The van der Waals surface area contributed by atoms with Gasteiger partial charge in [0.05, 0.1) is 40.3 Å². The minimum atomic E-state index is -4.85. The van der Waals surface area contributed by atoms with Crippen molar-refractivity contribution >= 4 is 40.8 Å². The first-order valence-corrected chi connectivity index (χ1v) is 9.52. The molecule has 3 N–H and O–H groups in total. The van der Waals surface area contributed by atoms with Crippen molar-refractivity contribution in [3.05, 3.63) is 71.1 Å². The van der Waals surface area contributed by atoms with Gasteiger partial charge in [0.15, 0.2) is 5.78 Å². The minimum absolute atomic E-state index is 0.197. The van der Waals surface area contributed by atoms with Gasteiger partial charge in [-0.2, -0.15) is 13.2 Å². The fourth-order valence-corrected chi connectivity index (χ4v) is 3.13. The highest BCUT2D eigenvalue weighted by atomic mass is 35.5. The van der Waals surface area contributed by atoms with Crippen LogP contribution in [0.2, 0.25) is 5.02 Å². The van der Waals surface area contributed by atoms with Crippen molar-refractivity contribution in [1.29, 1.82) is 0 Å². The molecule has 0 spiro atoms. The third-order valence-corrected chi connectivity index (χ3v) is 4.61. The van der Waals surface area contributed by atoms with E-state index in [0.29, 0.717) is 17.3 Å². The first-order chi connectivity index (χ1) is 15.5. The second-order valence-electron chi connectivity index (χ2n) is 6.63. The lowest BCUT2D eigenvalue weighted by molar-refractivity contribution is -0.137. The molecular formula is C21H14ClF3N4O4. The normalized spacial score (nSPS) is 11.0. The molecule has 3 rings (SSSR count). The molecule has 170 valence electrons. The summed E-state index contributed by atoms with van der Waals surface area (Å²) in [4.78, 5) is 44.0. The van der Waals surface area contributed by atoms with Crippen molar-refractivity contribution in [2.45, 2.75) is 12.6 Å². The number of rotatable bonds is 6. The number of anilines is 2. The lowest BCUT2D eigenvalue weighted by Gasteiger charge is -2.16. The Balaban J connectivity index is 1.80. The molecule has 0 aliphatic heterocycles. The number of alkyl halides is 3. The van der Waals surface area contributed by atoms with E-state index in [1.165, 1.54) is 30.7 Å². The zero-order valence-electron chi connectivity index (χ0n) is 16.5. The molecule has 1 heterocycles. The van der Waals surface area contributed by atoms with E-state index in [-0.39, 0.29) is 11.3 Å². The summed E-state index contributed by atoms with van der Waals surface area (Å²) in [5.41, 5.74) is -0.867. The zero-order chi connectivity index (χ0) is 24.2. The number of carbonyl (C=O) groups excluding carboxylic acids is 2. The lowest BCUT2D eigenvalue weighted by atomic mass is 10.0. The fraction of sp³-hybridized carbons (Fsp3) is 0.0952. The van der Waals surface area contributed by atoms with E-state index >= 15 is 0 Å². The third-order valence-electron chi connectivity index (χ3n) is 4.29. The highest BCUT2D eigenvalue weighted by Gasteiger charge is 2.34. The Morgan fingerprint density at radius 1 is 1.03 bits per heavy atom. The zero-order valence-corrected chi connectivity index (χ0v) is 17.2. The van der Waals surface area contributed by atoms with Crippen LogP contribution in [0.5, 0.6) is 0 Å². The van der Waals surface area contributed by atoms with Crippen LogP contribution < -0.4 is 10.6 Å². The van der Waals surface area contributed by atoms with Gasteiger partial charge in [-0.1, -0.05) is 29.8 Å². The van der Waals surface area contributed by atoms with Crippen LogP contribution in [0.3, 0.4) is 0 Å². The van der Waals surface area contributed by atoms with Gasteiger partial charge < -0.3 is 10.4 Å². The smallest absolute Gasteiger partial charge is 0.417 e. The van der Waals surface area contributed by atoms with Crippen molar-refractivity contribution < 1.29 is 32.7 Å². The number of Topliss-reactive ketones (excluding diaryl/α,β-unsaturated/α-hetero) is 1. The number of halogens is 4. The third kappa shape index (κ3) is 6.04. The SMILES string of the molecule is O=C(O)Nc1cc(C(F)(F)F)c(Cl)cc1NC(=O)CC(=O)c1cccc(-c2cnccn2)c1. The Hall–Kier alpha value is -3.99. The van der Waals surface area contributed by atoms with Gasteiger partial charge in [-0.3, -0.25) is 24.9 Å². The number of hydrogen-bond donors (Lipinski definition) is 3. The number of ketones is 1. The lowest BCUT2D eigenvalue weighted by Crippen LogP contribution is -2.19. The van der Waals surface area contributed by atoms with Crippen molar-refractivity contribution in [3.8, 4) is 11.3 Å². The predicted octanol–water partition coefficient (Wildman–Crippen LogP) is 5.12. The molecular weight excluding hydrogens is 465 g/mol. The number of carboxylic acid groups (broad SMARTS) is 1. The molecule has 0 saturated heterocycles. The summed E-state index contributed by atoms with van der Waals surface area (Å²) < 4.78 is 39.2. The highest BCUT2D eigenvalue weighted by molar-refractivity contribution is 6.32. The maximum Gasteiger partial charge on any atom is 0.417 e. The van der Waals surface area contributed by atoms with E-state index in [2.05, 4.69) is 15.3 Å². The minimum Gasteiger partial charge on any atom is -0.465 e. The standard InChI is InChI=1S/C21H14ClF3N4O4/c22-14-8-16(15(29-20(32)33)7-13(14)21(23,24)25)28-19(31)9-18(30)12-3-1-2-11(6-12)17-10-26-4-5-27-17/h1-8,10,29H,9H2,(H,28,31)(H,32,33). The summed E-state index contributed by atoms with van der Waals surface area (Å²) in [5, 5.41) is 12.1. The fourth-order valence-electron chi connectivity index (χ4n) is 2.85. The molecule has 0 aliphatic rings. The topological polar surface area (TPSA) is 121 Å². The Kier molecular flexibility index (Phi) is 6.92. The van der Waals surface area contributed by atoms with Gasteiger partial charge in [-0.05, 0) is 18.2 Å². The van der Waals surface area contributed by atoms with E-state index in [9.17, 15) is 27.6 Å². The summed E-state index contributed by atoms with van der Waals surface area (Å²) >= 11 is 5.66. The van der Waals surface area contributed by atoms with E-state index < -0.39 is 46.7 Å². The van der Waals surface area contributed by atoms with Crippen LogP contribution in [0.15, 0.2) is 55.0 Å². The van der Waals surface area contributed by atoms with Crippen LogP contribution in [0, 0.1) is 0 Å². The van der Waals surface area contributed by atoms with Gasteiger partial charge in [0, 0.05) is 23.5 Å². The molecule has 3 aromatic rings. The Labute approximate surface area is 189 Å². The second-order valence-corrected chi connectivity index (χ2v) is 7.03. The van der Waals surface area contributed by atoms with Gasteiger partial charge in [0.1, 0.15) is 0 Å². The van der Waals surface area contributed by atoms with Crippen LogP contribution in [-0.4, -0.2) is 32.9 Å². The van der Waals surface area contributed by atoms with Crippen LogP contribution in [0.1, 0.15) is 22.3 Å². The van der Waals surface area contributed by atoms with E-state index in [4.69, 9.17) is 16.7 Å². The van der Waals surface area contributed by atoms with Crippen LogP contribution in [0.4, 0.5) is 29.3 Å². The number of aromatic nitrogens is 2. The first-order valence-electron chi connectivity index (χ1n) is 9.15. The van der Waals surface area contributed by atoms with Gasteiger partial charge in [0.25, 0.3) is 0 Å². The molecule has 0 fully saturated rings. The summed E-state index contributed by atoms with van der Waals surface area (Å²) in [5.74, 6) is -1.46. The van der Waals surface area contributed by atoms with Crippen LogP contribution in [0.25, 0.3) is 11.3 Å². The van der Waals surface area contributed by atoms with Gasteiger partial charge in [-0.25, -0.2) is 4.79 Å². The summed E-state index contributed by atoms with van der Waals surface area (Å²) in [6.07, 6.45) is -2.69. The largest absolute Gasteiger partial charge is 0.465 e. The number of amides is 2. The number of nitrogens with zero attached hydrogens (tertiary/aromatic N) is 2. The van der Waals surface area contributed by atoms with Crippen molar-refractivity contribution in [2.24, 2.45) is 0 Å². The molecule has 0 aliphatic carbocycles. The first kappa shape index (κ1) is 23.7. The number of hydrogen-bond acceptors (Lipinski definition) is 5. The van der Waals surface area contributed by atoms with E-state index in [0.717, 1.165) is 6.07 Å². The Morgan fingerprint density at radius 2 is 1.76 bits per heavy atom. The highest BCUT2D eigenvalue weighted by Crippen LogP contribution is 2.39. The Morgan fingerprint density at radius 3 is 2.39 bits per heavy atom. The average molecular weight is 479 g/mol. The molecule has 2 amide bonds. The molecule has 8 nitrogen and oxygen atoms in total. The molecule has 1 aromatic heterocycles. The van der Waals surface area contributed by atoms with Crippen molar-refractivity contribution in [1.82, 2.24) is 9.97 Å². The van der Waals surface area contributed by atoms with Crippen molar-refractivity contribution in [3.63, 3.8) is 0 Å². The number of carbonyl (C=O) groups is 3. The molecule has 0 unspecified atom stereocenters. The molecule has 0 radical (unpaired) electrons. The summed E-state index contributed by atoms with van der Waals surface area (Å²) in [7, 11) is 0. The van der Waals surface area contributed by atoms with E-state index in [1.54, 1.807) is 17.4 Å². The average Bonchev–Trinajstić information content (AvgIpc) is 2.75. The predicted molar refractivity (Wildman–Crippen MR) is 113 cm³/mol. The van der Waals surface area contributed by atoms with Crippen LogP contribution in [-0.2, 0) is 11.0 Å². The second kappa shape index (κ2) is 9.65. The molecule has 0 bridgehead atoms. The number of benzene rings is 2. The van der Waals surface area contributed by atoms with Crippen molar-refractivity contribution in [2.75, 3.05) is 10.6 Å². The van der Waals surface area contributed by atoms with Gasteiger partial charge in [-0.15, -0.1) is 0 Å². The molecule has 0 atom stereocenters. The molecule has 0 saturated carbocycles. The van der Waals surface area contributed by atoms with E-state index in [1.807, 2.05) is 0 Å². The maximum absolute atomic E-state index is 13.1.